The van der Waals surface area contributed by atoms with Crippen molar-refractivity contribution in [2.45, 2.75) is 44.1 Å². The topological polar surface area (TPSA) is 89.9 Å². The van der Waals surface area contributed by atoms with E-state index in [1.165, 1.54) is 11.3 Å². The van der Waals surface area contributed by atoms with Crippen LogP contribution in [0.3, 0.4) is 0 Å². The van der Waals surface area contributed by atoms with Gasteiger partial charge in [-0.05, 0) is 67.3 Å². The molecule has 236 valence electrons. The molecule has 0 fully saturated rings. The molecule has 3 aromatic carbocycles. The zero-order valence-corrected chi connectivity index (χ0v) is 31.0. The number of rotatable bonds is 1. The number of aromatic nitrogens is 5. The van der Waals surface area contributed by atoms with Crippen molar-refractivity contribution >= 4 is 51.0 Å². The van der Waals surface area contributed by atoms with Gasteiger partial charge >= 0.3 is 29.6 Å². The average molecular weight is 676 g/mol. The summed E-state index contributed by atoms with van der Waals surface area (Å²) >= 11 is 8.74. The van der Waals surface area contributed by atoms with Crippen LogP contribution in [-0.2, 0) is 51.9 Å². The van der Waals surface area contributed by atoms with E-state index in [-0.39, 0.29) is 35.3 Å². The van der Waals surface area contributed by atoms with E-state index in [2.05, 4.69) is 30.3 Å². The number of ether oxygens (including phenoxy) is 1. The Morgan fingerprint density at radius 2 is 1.74 bits per heavy atom. The Bertz CT molecular complexity index is 2150. The summed E-state index contributed by atoms with van der Waals surface area (Å²) in [7, 11) is 5.70. The van der Waals surface area contributed by atoms with Crippen molar-refractivity contribution in [1.29, 1.82) is 0 Å². The normalized spacial score (nSPS) is 14.0. The van der Waals surface area contributed by atoms with Crippen molar-refractivity contribution in [2.75, 3.05) is 6.61 Å². The van der Waals surface area contributed by atoms with Crippen LogP contribution in [0.4, 0.5) is 0 Å². The number of hydrogen-bond donors (Lipinski definition) is 0. The van der Waals surface area contributed by atoms with Crippen molar-refractivity contribution in [2.24, 2.45) is 21.1 Å². The summed E-state index contributed by atoms with van der Waals surface area (Å²) in [5.41, 5.74) is 8.73. The van der Waals surface area contributed by atoms with Crippen LogP contribution in [0, 0.1) is 6.92 Å². The summed E-state index contributed by atoms with van der Waals surface area (Å²) in [6.45, 7) is 2.44. The van der Waals surface area contributed by atoms with Gasteiger partial charge in [0.2, 0.25) is 0 Å². The quantitative estimate of drug-likeness (QED) is 0.249. The van der Waals surface area contributed by atoms with Gasteiger partial charge in [-0.15, -0.1) is 0 Å². The molecular weight excluding hydrogens is 641 g/mol. The number of hydrogen-bond acceptors (Lipinski definition) is 6. The number of aryl methyl sites for hydroxylation is 7. The third-order valence-electron chi connectivity index (χ3n) is 9.09. The Balaban J connectivity index is 0.00000386. The van der Waals surface area contributed by atoms with Crippen LogP contribution in [0.25, 0.3) is 32.9 Å². The molecule has 0 unspecified atom stereocenters. The van der Waals surface area contributed by atoms with Gasteiger partial charge in [-0.25, -0.2) is 0 Å². The van der Waals surface area contributed by atoms with E-state index >= 15 is 0 Å². The number of carbonyl (C=O) groups excluding carboxylic acids is 1. The van der Waals surface area contributed by atoms with Crippen molar-refractivity contribution in [3.63, 3.8) is 0 Å². The summed E-state index contributed by atoms with van der Waals surface area (Å²) < 4.78 is 12.0. The molecule has 0 spiro atoms. The van der Waals surface area contributed by atoms with Crippen LogP contribution in [0.2, 0.25) is 5.02 Å². The van der Waals surface area contributed by atoms with E-state index in [0.717, 1.165) is 79.8 Å². The van der Waals surface area contributed by atoms with E-state index < -0.39 is 5.97 Å². The monoisotopic (exact) mass is 675 g/mol. The third-order valence-corrected chi connectivity index (χ3v) is 10.4. The number of carboxylic acid groups (broad SMARTS) is 1. The first-order valence-corrected chi connectivity index (χ1v) is 17.0. The van der Waals surface area contributed by atoms with Crippen molar-refractivity contribution in [3.8, 4) is 17.0 Å². The number of nitrogens with zero attached hydrogens (tertiary/aromatic N) is 5. The number of benzene rings is 3. The maximum absolute atomic E-state index is 12.6. The van der Waals surface area contributed by atoms with Gasteiger partial charge in [0.25, 0.3) is 0 Å². The van der Waals surface area contributed by atoms with Crippen molar-refractivity contribution in [3.05, 3.63) is 99.1 Å². The number of carbonyl (C=O) groups is 1. The van der Waals surface area contributed by atoms with Gasteiger partial charge in [-0.3, -0.25) is 9.36 Å². The Morgan fingerprint density at radius 3 is 2.55 bits per heavy atom. The van der Waals surface area contributed by atoms with E-state index in [4.69, 9.17) is 26.5 Å². The predicted molar refractivity (Wildman–Crippen MR) is 183 cm³/mol. The predicted octanol–water partition coefficient (Wildman–Crippen LogP) is 3.34. The van der Waals surface area contributed by atoms with Crippen LogP contribution >= 0.6 is 23.4 Å². The molecule has 4 heterocycles. The first-order chi connectivity index (χ1) is 22.2. The van der Waals surface area contributed by atoms with Crippen LogP contribution in [0.5, 0.6) is 5.75 Å². The average Bonchev–Trinajstić information content (AvgIpc) is 3.62. The molecule has 0 amide bonds. The number of carboxylic acids is 1. The Kier molecular flexibility index (Phi) is 9.84. The minimum absolute atomic E-state index is 0. The molecule has 47 heavy (non-hydrogen) atoms. The van der Waals surface area contributed by atoms with Gasteiger partial charge < -0.3 is 19.2 Å². The maximum Gasteiger partial charge on any atom is 1.00 e. The molecule has 8 nitrogen and oxygen atoms in total. The van der Waals surface area contributed by atoms with Crippen LogP contribution in [0.15, 0.2) is 54.6 Å². The van der Waals surface area contributed by atoms with Gasteiger partial charge in [-0.1, -0.05) is 48.0 Å². The van der Waals surface area contributed by atoms with Crippen molar-refractivity contribution < 1.29 is 44.2 Å². The molecule has 0 N–H and O–H groups in total. The van der Waals surface area contributed by atoms with Gasteiger partial charge in [0.15, 0.2) is 0 Å². The van der Waals surface area contributed by atoms with Crippen LogP contribution < -0.4 is 39.4 Å². The first-order valence-electron chi connectivity index (χ1n) is 15.5. The fraction of sp³-hybridized carbons (Fsp3) is 0.306. The molecule has 0 aliphatic carbocycles. The zero-order valence-electron chi connectivity index (χ0n) is 27.4. The first kappa shape index (κ1) is 33.7. The van der Waals surface area contributed by atoms with E-state index in [1.807, 2.05) is 54.6 Å². The molecule has 0 saturated heterocycles. The number of halogens is 1. The molecule has 7 rings (SSSR count). The summed E-state index contributed by atoms with van der Waals surface area (Å²) in [5, 5.41) is 25.8. The third kappa shape index (κ3) is 6.24. The molecule has 1 aliphatic heterocycles. The molecule has 1 aliphatic rings. The Morgan fingerprint density at radius 1 is 0.936 bits per heavy atom. The summed E-state index contributed by atoms with van der Waals surface area (Å²) in [6.07, 6.45) is 2.86. The van der Waals surface area contributed by atoms with Gasteiger partial charge in [0, 0.05) is 60.2 Å². The van der Waals surface area contributed by atoms with E-state index in [1.54, 1.807) is 23.4 Å². The standard InChI is InChI=1S/C36H36ClN5O3S.Na/c1-21-29-20-46-19-24-18-25(41(3)39-24)12-11-22-16-23-8-5-6-9-26(23)31(17-22)45-15-7-10-27-28-13-14-30(37)32(34(29)42(4)38-21)33(28)40(2)35(27)36(43)44;/h5-6,8-9,13-14,16-18H,7,10-12,15,19-20H2,1-4H3,(H,43,44);/q;+1/p-1. The molecule has 0 saturated carbocycles. The second-order valence-electron chi connectivity index (χ2n) is 12.0. The minimum atomic E-state index is -1.21. The van der Waals surface area contributed by atoms with E-state index in [0.29, 0.717) is 30.2 Å². The molecule has 8 bridgehead atoms. The molecule has 0 atom stereocenters. The Hall–Kier alpha value is -3.21. The van der Waals surface area contributed by atoms with Gasteiger partial charge in [-0.2, -0.15) is 22.0 Å². The van der Waals surface area contributed by atoms with Gasteiger partial charge in [0.1, 0.15) is 5.75 Å². The summed E-state index contributed by atoms with van der Waals surface area (Å²) in [5.74, 6) is 1.08. The zero-order chi connectivity index (χ0) is 32.1. The molecule has 6 aromatic rings. The molecule has 0 radical (unpaired) electrons. The summed E-state index contributed by atoms with van der Waals surface area (Å²) in [6, 6.07) is 18.6. The molecule has 3 aromatic heterocycles. The minimum Gasteiger partial charge on any atom is -0.543 e. The maximum atomic E-state index is 12.6. The molecule has 11 heteroatoms. The summed E-state index contributed by atoms with van der Waals surface area (Å²) in [4.78, 5) is 12.6. The fourth-order valence-corrected chi connectivity index (χ4v) is 8.21. The van der Waals surface area contributed by atoms with Crippen molar-refractivity contribution in [1.82, 2.24) is 24.1 Å². The number of aromatic carboxylic acids is 1. The van der Waals surface area contributed by atoms with Crippen LogP contribution in [-0.4, -0.2) is 36.7 Å². The Labute approximate surface area is 305 Å². The van der Waals surface area contributed by atoms with E-state index in [9.17, 15) is 9.90 Å². The smallest absolute Gasteiger partial charge is 0.543 e. The van der Waals surface area contributed by atoms with Gasteiger partial charge in [0.05, 0.1) is 45.9 Å². The molecular formula is C36H35ClN5NaO3S. The largest absolute Gasteiger partial charge is 1.00 e. The van der Waals surface area contributed by atoms with Crippen LogP contribution in [0.1, 0.15) is 50.7 Å². The second-order valence-corrected chi connectivity index (χ2v) is 13.4. The number of thioether (sulfide) groups is 1. The number of fused-ring (bicyclic) bond motifs is 8. The fourth-order valence-electron chi connectivity index (χ4n) is 6.96. The second kappa shape index (κ2) is 13.7. The SMILES string of the molecule is Cc1nn(C)c2c1CSCc1cc(n(C)n1)CCc1cc(c3ccccc3c1)OCCCc1c(C(=O)[O-])n(C)c3c-2c(Cl)ccc13.[Na+].